The average molecular weight is 333 g/mol. The molecule has 24 heavy (non-hydrogen) atoms. The number of carbonyl (C=O) groups excluding carboxylic acids is 3. The molecule has 2 aliphatic rings. The van der Waals surface area contributed by atoms with Crippen LogP contribution in [0.25, 0.3) is 0 Å². The van der Waals surface area contributed by atoms with E-state index in [0.29, 0.717) is 24.9 Å². The van der Waals surface area contributed by atoms with Gasteiger partial charge in [0.05, 0.1) is 0 Å². The third-order valence-electron chi connectivity index (χ3n) is 4.09. The molecule has 126 valence electrons. The van der Waals surface area contributed by atoms with Gasteiger partial charge in [-0.1, -0.05) is 12.1 Å². The minimum absolute atomic E-state index is 0.0514. The van der Waals surface area contributed by atoms with Gasteiger partial charge in [-0.05, 0) is 25.5 Å². The Hall–Kier alpha value is -2.70. The van der Waals surface area contributed by atoms with E-state index < -0.39 is 23.2 Å². The Kier molecular flexibility index (Phi) is 3.87. The fourth-order valence-electron chi connectivity index (χ4n) is 2.83. The standard InChI is InChI=1S/C17H16FNO5/c1-10(20)23-14-15(22)17(2,11-5-7-12(18)8-6-11)24-16(14)19-9-3-4-13(19)21/h5-8H,3-4,9H2,1-2H3. The lowest BCUT2D eigenvalue weighted by Crippen LogP contribution is -2.32. The molecule has 1 unspecified atom stereocenters. The van der Waals surface area contributed by atoms with Crippen molar-refractivity contribution < 1.29 is 28.2 Å². The molecule has 1 atom stereocenters. The van der Waals surface area contributed by atoms with Crippen LogP contribution in [-0.2, 0) is 29.5 Å². The fourth-order valence-corrected chi connectivity index (χ4v) is 2.83. The summed E-state index contributed by atoms with van der Waals surface area (Å²) in [5, 5.41) is 0. The summed E-state index contributed by atoms with van der Waals surface area (Å²) in [6.45, 7) is 3.04. The molecular weight excluding hydrogens is 317 g/mol. The van der Waals surface area contributed by atoms with Crippen LogP contribution in [0.1, 0.15) is 32.3 Å². The van der Waals surface area contributed by atoms with E-state index in [1.165, 1.54) is 36.1 Å². The maximum absolute atomic E-state index is 13.2. The van der Waals surface area contributed by atoms with E-state index in [-0.39, 0.29) is 17.5 Å². The summed E-state index contributed by atoms with van der Waals surface area (Å²) in [5.74, 6) is -2.26. The van der Waals surface area contributed by atoms with E-state index in [1.807, 2.05) is 0 Å². The van der Waals surface area contributed by atoms with Crippen LogP contribution in [0.3, 0.4) is 0 Å². The van der Waals surface area contributed by atoms with E-state index in [9.17, 15) is 18.8 Å². The van der Waals surface area contributed by atoms with Crippen LogP contribution >= 0.6 is 0 Å². The molecule has 7 heteroatoms. The van der Waals surface area contributed by atoms with E-state index in [0.717, 1.165) is 6.92 Å². The van der Waals surface area contributed by atoms with Crippen molar-refractivity contribution in [2.45, 2.75) is 32.3 Å². The van der Waals surface area contributed by atoms with Crippen LogP contribution in [0, 0.1) is 5.82 Å². The molecule has 0 aromatic heterocycles. The molecule has 0 bridgehead atoms. The van der Waals surface area contributed by atoms with Crippen molar-refractivity contribution in [2.24, 2.45) is 0 Å². The lowest BCUT2D eigenvalue weighted by Gasteiger charge is -2.25. The highest BCUT2D eigenvalue weighted by Gasteiger charge is 2.52. The maximum Gasteiger partial charge on any atom is 0.308 e. The molecule has 2 aliphatic heterocycles. The second-order valence-electron chi connectivity index (χ2n) is 5.85. The number of ether oxygens (including phenoxy) is 2. The number of halogens is 1. The van der Waals surface area contributed by atoms with Crippen LogP contribution in [-0.4, -0.2) is 29.1 Å². The number of ketones is 1. The van der Waals surface area contributed by atoms with Gasteiger partial charge in [0.1, 0.15) is 5.82 Å². The number of benzene rings is 1. The number of Topliss-reactive ketones (excluding diaryl/α,β-unsaturated/α-hetero) is 1. The number of hydrogen-bond acceptors (Lipinski definition) is 5. The van der Waals surface area contributed by atoms with Crippen molar-refractivity contribution in [1.29, 1.82) is 0 Å². The van der Waals surface area contributed by atoms with Crippen LogP contribution in [0.5, 0.6) is 0 Å². The zero-order valence-corrected chi connectivity index (χ0v) is 13.3. The molecule has 0 aliphatic carbocycles. The second kappa shape index (κ2) is 5.74. The Bertz CT molecular complexity index is 755. The molecule has 0 spiro atoms. The zero-order valence-electron chi connectivity index (χ0n) is 13.3. The Morgan fingerprint density at radius 2 is 1.96 bits per heavy atom. The number of esters is 1. The number of nitrogens with zero attached hydrogens (tertiary/aromatic N) is 1. The minimum Gasteiger partial charge on any atom is -0.456 e. The van der Waals surface area contributed by atoms with Crippen LogP contribution in [0.2, 0.25) is 0 Å². The highest BCUT2D eigenvalue weighted by Crippen LogP contribution is 2.41. The summed E-state index contributed by atoms with van der Waals surface area (Å²) >= 11 is 0. The summed E-state index contributed by atoms with van der Waals surface area (Å²) in [6, 6.07) is 5.27. The molecule has 0 radical (unpaired) electrons. The second-order valence-corrected chi connectivity index (χ2v) is 5.85. The lowest BCUT2D eigenvalue weighted by atomic mass is 9.91. The molecule has 0 saturated carbocycles. The average Bonchev–Trinajstić information content (AvgIpc) is 3.05. The summed E-state index contributed by atoms with van der Waals surface area (Å²) < 4.78 is 24.0. The number of amides is 1. The predicted octanol–water partition coefficient (Wildman–Crippen LogP) is 1.99. The Morgan fingerprint density at radius 1 is 1.29 bits per heavy atom. The third-order valence-corrected chi connectivity index (χ3v) is 4.09. The lowest BCUT2D eigenvalue weighted by molar-refractivity contribution is -0.142. The molecule has 3 rings (SSSR count). The monoisotopic (exact) mass is 333 g/mol. The van der Waals surface area contributed by atoms with Gasteiger partial charge >= 0.3 is 5.97 Å². The molecular formula is C17H16FNO5. The first-order valence-electron chi connectivity index (χ1n) is 7.56. The van der Waals surface area contributed by atoms with Crippen LogP contribution in [0.4, 0.5) is 4.39 Å². The van der Waals surface area contributed by atoms with Crippen molar-refractivity contribution in [3.05, 3.63) is 47.3 Å². The first kappa shape index (κ1) is 16.2. The summed E-state index contributed by atoms with van der Waals surface area (Å²) in [4.78, 5) is 37.5. The molecule has 1 fully saturated rings. The first-order valence-corrected chi connectivity index (χ1v) is 7.56. The summed E-state index contributed by atoms with van der Waals surface area (Å²) in [7, 11) is 0. The highest BCUT2D eigenvalue weighted by atomic mass is 19.1. The summed E-state index contributed by atoms with van der Waals surface area (Å²) in [5.41, 5.74) is -1.09. The van der Waals surface area contributed by atoms with E-state index >= 15 is 0 Å². The van der Waals surface area contributed by atoms with Gasteiger partial charge in [0.2, 0.25) is 17.5 Å². The van der Waals surface area contributed by atoms with Crippen LogP contribution < -0.4 is 0 Å². The molecule has 6 nitrogen and oxygen atoms in total. The predicted molar refractivity (Wildman–Crippen MR) is 79.6 cm³/mol. The van der Waals surface area contributed by atoms with Gasteiger partial charge < -0.3 is 9.47 Å². The largest absolute Gasteiger partial charge is 0.456 e. The number of hydrogen-bond donors (Lipinski definition) is 0. The van der Waals surface area contributed by atoms with Crippen molar-refractivity contribution >= 4 is 17.7 Å². The van der Waals surface area contributed by atoms with Gasteiger partial charge in [0, 0.05) is 25.5 Å². The molecule has 1 aromatic carbocycles. The van der Waals surface area contributed by atoms with Gasteiger partial charge in [-0.2, -0.15) is 0 Å². The number of carbonyl (C=O) groups is 3. The molecule has 2 heterocycles. The molecule has 0 N–H and O–H groups in total. The van der Waals surface area contributed by atoms with Gasteiger partial charge in [0.25, 0.3) is 5.78 Å². The molecule has 1 saturated heterocycles. The number of likely N-dealkylation sites (tertiary alicyclic amines) is 1. The van der Waals surface area contributed by atoms with Crippen LogP contribution in [0.15, 0.2) is 35.9 Å². The van der Waals surface area contributed by atoms with Gasteiger partial charge in [-0.15, -0.1) is 0 Å². The normalized spacial score (nSPS) is 23.7. The van der Waals surface area contributed by atoms with Crippen molar-refractivity contribution in [3.8, 4) is 0 Å². The topological polar surface area (TPSA) is 72.9 Å². The third kappa shape index (κ3) is 2.55. The SMILES string of the molecule is CC(=O)OC1=C(N2CCCC2=O)OC(C)(c2ccc(F)cc2)C1=O. The van der Waals surface area contributed by atoms with E-state index in [1.54, 1.807) is 0 Å². The molecule has 1 amide bonds. The zero-order chi connectivity index (χ0) is 17.5. The smallest absolute Gasteiger partial charge is 0.308 e. The van der Waals surface area contributed by atoms with Gasteiger partial charge in [-0.25, -0.2) is 4.39 Å². The minimum atomic E-state index is -1.49. The Labute approximate surface area is 137 Å². The first-order chi connectivity index (χ1) is 11.3. The van der Waals surface area contributed by atoms with E-state index in [2.05, 4.69) is 0 Å². The fraction of sp³-hybridized carbons (Fsp3) is 0.353. The quantitative estimate of drug-likeness (QED) is 0.791. The Balaban J connectivity index is 2.03. The maximum atomic E-state index is 13.2. The van der Waals surface area contributed by atoms with Gasteiger partial charge in [-0.3, -0.25) is 19.3 Å². The summed E-state index contributed by atoms with van der Waals surface area (Å²) in [6.07, 6.45) is 0.960. The highest BCUT2D eigenvalue weighted by molar-refractivity contribution is 6.04. The van der Waals surface area contributed by atoms with Gasteiger partial charge in [0.15, 0.2) is 5.60 Å². The van der Waals surface area contributed by atoms with Crippen molar-refractivity contribution in [3.63, 3.8) is 0 Å². The number of rotatable bonds is 3. The Morgan fingerprint density at radius 3 is 2.50 bits per heavy atom. The van der Waals surface area contributed by atoms with Crippen molar-refractivity contribution in [2.75, 3.05) is 6.54 Å². The molecule has 1 aromatic rings. The van der Waals surface area contributed by atoms with E-state index in [4.69, 9.17) is 9.47 Å². The van der Waals surface area contributed by atoms with Crippen molar-refractivity contribution in [1.82, 2.24) is 4.90 Å².